The second-order valence-corrected chi connectivity index (χ2v) is 9.91. The molecule has 4 N–H and O–H groups in total. The number of aromatic amines is 1. The van der Waals surface area contributed by atoms with E-state index >= 15 is 0 Å². The number of para-hydroxylation sites is 1. The fourth-order valence-corrected chi connectivity index (χ4v) is 4.87. The zero-order valence-corrected chi connectivity index (χ0v) is 18.7. The molecule has 2 aliphatic carbocycles. The topological polar surface area (TPSA) is 127 Å². The first kappa shape index (κ1) is 23.2. The van der Waals surface area contributed by atoms with Crippen molar-refractivity contribution in [3.8, 4) is 6.07 Å². The van der Waals surface area contributed by atoms with Crippen molar-refractivity contribution < 1.29 is 27.6 Å². The molecule has 5 rings (SSSR count). The van der Waals surface area contributed by atoms with E-state index in [2.05, 4.69) is 20.9 Å². The zero-order chi connectivity index (χ0) is 25.0. The van der Waals surface area contributed by atoms with Gasteiger partial charge in [-0.3, -0.25) is 14.4 Å². The molecular weight excluding hydrogens is 463 g/mol. The highest BCUT2D eigenvalue weighted by Gasteiger charge is 2.57. The Hall–Kier alpha value is -3.55. The third-order valence-corrected chi connectivity index (χ3v) is 7.19. The number of nitriles is 1. The van der Waals surface area contributed by atoms with Crippen molar-refractivity contribution in [1.29, 1.82) is 5.26 Å². The van der Waals surface area contributed by atoms with Crippen LogP contribution in [0.15, 0.2) is 24.3 Å². The number of nitrogens with one attached hydrogen (secondary N) is 4. The van der Waals surface area contributed by atoms with Crippen LogP contribution >= 0.6 is 0 Å². The van der Waals surface area contributed by atoms with Crippen molar-refractivity contribution >= 4 is 28.6 Å². The molecule has 1 aromatic heterocycles. The fraction of sp³-hybridized carbons (Fsp3) is 0.500. The predicted molar refractivity (Wildman–Crippen MR) is 118 cm³/mol. The summed E-state index contributed by atoms with van der Waals surface area (Å²) in [5.74, 6) is -6.68. The van der Waals surface area contributed by atoms with E-state index in [4.69, 9.17) is 0 Å². The molecule has 2 heterocycles. The van der Waals surface area contributed by atoms with Crippen LogP contribution in [0.4, 0.5) is 13.2 Å². The number of hydrogen-bond donors (Lipinski definition) is 4. The molecule has 1 saturated heterocycles. The Kier molecular flexibility index (Phi) is 5.49. The lowest BCUT2D eigenvalue weighted by Gasteiger charge is -2.21. The quantitative estimate of drug-likeness (QED) is 0.456. The van der Waals surface area contributed by atoms with Gasteiger partial charge in [-0.25, -0.2) is 13.2 Å². The van der Waals surface area contributed by atoms with Crippen molar-refractivity contribution in [3.05, 3.63) is 35.8 Å². The number of carbonyl (C=O) groups excluding carboxylic acids is 3. The molecule has 1 aromatic carbocycles. The second kappa shape index (κ2) is 8.29. The lowest BCUT2D eigenvalue weighted by atomic mass is 9.95. The van der Waals surface area contributed by atoms with Gasteiger partial charge in [-0.1, -0.05) is 12.1 Å². The van der Waals surface area contributed by atoms with Crippen LogP contribution in [0.3, 0.4) is 0 Å². The van der Waals surface area contributed by atoms with Crippen LogP contribution in [0.5, 0.6) is 0 Å². The maximum Gasteiger partial charge on any atom is 0.268 e. The number of nitrogens with zero attached hydrogens (tertiary/aromatic N) is 1. The Balaban J connectivity index is 1.27. The number of hydrogen-bond acceptors (Lipinski definition) is 4. The van der Waals surface area contributed by atoms with Crippen molar-refractivity contribution in [2.75, 3.05) is 0 Å². The molecule has 0 bridgehead atoms. The molecule has 4 atom stereocenters. The van der Waals surface area contributed by atoms with Crippen LogP contribution in [0, 0.1) is 29.0 Å². The van der Waals surface area contributed by atoms with Gasteiger partial charge in [0.1, 0.15) is 23.6 Å². The number of alkyl halides is 2. The third-order valence-electron chi connectivity index (χ3n) is 7.19. The summed E-state index contributed by atoms with van der Waals surface area (Å²) in [5, 5.41) is 17.9. The van der Waals surface area contributed by atoms with Gasteiger partial charge in [0.2, 0.25) is 11.8 Å². The molecule has 4 unspecified atom stereocenters. The van der Waals surface area contributed by atoms with Crippen LogP contribution in [-0.4, -0.2) is 46.3 Å². The fourth-order valence-electron chi connectivity index (χ4n) is 4.87. The van der Waals surface area contributed by atoms with Crippen molar-refractivity contribution in [2.45, 2.75) is 62.1 Å². The molecule has 3 fully saturated rings. The van der Waals surface area contributed by atoms with Gasteiger partial charge in [0, 0.05) is 29.2 Å². The number of amides is 3. The van der Waals surface area contributed by atoms with E-state index in [-0.39, 0.29) is 35.5 Å². The summed E-state index contributed by atoms with van der Waals surface area (Å²) >= 11 is 0. The highest BCUT2D eigenvalue weighted by atomic mass is 19.3. The van der Waals surface area contributed by atoms with Gasteiger partial charge in [0.25, 0.3) is 11.8 Å². The van der Waals surface area contributed by atoms with Gasteiger partial charge >= 0.3 is 0 Å². The number of rotatable bonds is 8. The minimum atomic E-state index is -2.91. The number of aromatic nitrogens is 1. The molecule has 11 heteroatoms. The monoisotopic (exact) mass is 487 g/mol. The smallest absolute Gasteiger partial charge is 0.268 e. The zero-order valence-electron chi connectivity index (χ0n) is 18.7. The van der Waals surface area contributed by atoms with Crippen molar-refractivity contribution in [2.24, 2.45) is 11.8 Å². The average molecular weight is 487 g/mol. The number of fused-ring (bicyclic) bond motifs is 1. The summed E-state index contributed by atoms with van der Waals surface area (Å²) < 4.78 is 41.2. The summed E-state index contributed by atoms with van der Waals surface area (Å²) in [7, 11) is 0. The minimum Gasteiger partial charge on any atom is -0.350 e. The molecule has 1 spiro atoms. The number of carbonyl (C=O) groups is 3. The molecule has 35 heavy (non-hydrogen) atoms. The van der Waals surface area contributed by atoms with E-state index in [9.17, 15) is 32.8 Å². The molecular formula is C24H24F3N5O3. The molecule has 184 valence electrons. The van der Waals surface area contributed by atoms with Gasteiger partial charge in [-0.15, -0.1) is 0 Å². The highest BCUT2D eigenvalue weighted by Crippen LogP contribution is 2.51. The van der Waals surface area contributed by atoms with E-state index in [0.29, 0.717) is 11.8 Å². The van der Waals surface area contributed by atoms with E-state index < -0.39 is 53.9 Å². The van der Waals surface area contributed by atoms with E-state index in [0.717, 1.165) is 12.8 Å². The first-order valence-corrected chi connectivity index (χ1v) is 11.6. The van der Waals surface area contributed by atoms with Crippen molar-refractivity contribution in [3.63, 3.8) is 0 Å². The number of H-pyrrole nitrogens is 1. The van der Waals surface area contributed by atoms with Crippen LogP contribution < -0.4 is 16.0 Å². The Morgan fingerprint density at radius 3 is 2.54 bits per heavy atom. The standard InChI is InChI=1S/C24H24F3N5O3/c25-16-3-1-2-12-7-17(30-19(12)16)22(35)31-18(8-14-10-24(14,26)27)21(34)29-15(11-28)6-13-9-23(4-5-23)32-20(13)33/h1-3,7,13-15,18,30H,4-6,8-10H2,(H,29,34)(H,31,35)(H,32,33). The van der Waals surface area contributed by atoms with Crippen LogP contribution in [0.1, 0.15) is 49.0 Å². The summed E-state index contributed by atoms with van der Waals surface area (Å²) in [6.07, 6.45) is 1.75. The van der Waals surface area contributed by atoms with Crippen LogP contribution in [-0.2, 0) is 9.59 Å². The molecule has 2 saturated carbocycles. The van der Waals surface area contributed by atoms with Crippen molar-refractivity contribution in [1.82, 2.24) is 20.9 Å². The Morgan fingerprint density at radius 1 is 1.20 bits per heavy atom. The molecule has 1 aliphatic heterocycles. The first-order valence-electron chi connectivity index (χ1n) is 11.6. The Labute approximate surface area is 198 Å². The van der Waals surface area contributed by atoms with Gasteiger partial charge in [-0.2, -0.15) is 5.26 Å². The van der Waals surface area contributed by atoms with Gasteiger partial charge < -0.3 is 20.9 Å². The maximum atomic E-state index is 14.0. The lowest BCUT2D eigenvalue weighted by molar-refractivity contribution is -0.125. The first-order chi connectivity index (χ1) is 16.6. The second-order valence-electron chi connectivity index (χ2n) is 9.91. The third kappa shape index (κ3) is 4.70. The molecule has 8 nitrogen and oxygen atoms in total. The van der Waals surface area contributed by atoms with E-state index in [1.54, 1.807) is 6.07 Å². The summed E-state index contributed by atoms with van der Waals surface area (Å²) in [6, 6.07) is 5.31. The highest BCUT2D eigenvalue weighted by molar-refractivity contribution is 6.00. The normalized spacial score (nSPS) is 24.9. The van der Waals surface area contributed by atoms with Gasteiger partial charge in [0.05, 0.1) is 11.6 Å². The van der Waals surface area contributed by atoms with E-state index in [1.807, 2.05) is 6.07 Å². The van der Waals surface area contributed by atoms with Gasteiger partial charge in [-0.05, 0) is 44.2 Å². The molecule has 2 aromatic rings. The minimum absolute atomic E-state index is 0.0281. The molecule has 3 amide bonds. The Morgan fingerprint density at radius 2 is 1.94 bits per heavy atom. The summed E-state index contributed by atoms with van der Waals surface area (Å²) in [4.78, 5) is 40.7. The van der Waals surface area contributed by atoms with Crippen LogP contribution in [0.25, 0.3) is 10.9 Å². The average Bonchev–Trinajstić information content (AvgIpc) is 3.56. The maximum absolute atomic E-state index is 14.0. The number of benzene rings is 1. The number of halogens is 3. The van der Waals surface area contributed by atoms with Gasteiger partial charge in [0.15, 0.2) is 0 Å². The molecule has 0 radical (unpaired) electrons. The Bertz CT molecular complexity index is 1250. The summed E-state index contributed by atoms with van der Waals surface area (Å²) in [5.41, 5.74) is -0.0985. The largest absolute Gasteiger partial charge is 0.350 e. The lowest BCUT2D eigenvalue weighted by Crippen LogP contribution is -2.50. The van der Waals surface area contributed by atoms with Crippen LogP contribution in [0.2, 0.25) is 0 Å². The SMILES string of the molecule is N#CC(CC1CC2(CC2)NC1=O)NC(=O)C(CC1CC1(F)F)NC(=O)c1cc2cccc(F)c2[nH]1. The predicted octanol–water partition coefficient (Wildman–Crippen LogP) is 2.52. The van der Waals surface area contributed by atoms with E-state index in [1.165, 1.54) is 18.2 Å². The summed E-state index contributed by atoms with van der Waals surface area (Å²) in [6.45, 7) is 0. The molecule has 3 aliphatic rings.